The minimum Gasteiger partial charge on any atom is -0.393 e. The van der Waals surface area contributed by atoms with Crippen molar-refractivity contribution in [2.45, 2.75) is 23.8 Å². The van der Waals surface area contributed by atoms with E-state index in [1.165, 1.54) is 0 Å². The fraction of sp³-hybridized carbons (Fsp3) is 1.00. The van der Waals surface area contributed by atoms with Gasteiger partial charge in [-0.1, -0.05) is 0 Å². The SMILES string of the molecule is B[C@@H]1O[C@@]2(CO)COC1[C@H]2O. The molecule has 0 aliphatic carbocycles. The second-order valence-corrected chi connectivity index (χ2v) is 3.27. The molecule has 2 aliphatic heterocycles. The predicted octanol–water partition coefficient (Wildman–Crippen LogP) is -2.53. The van der Waals surface area contributed by atoms with E-state index in [4.69, 9.17) is 14.6 Å². The number of aliphatic hydroxyl groups is 2. The van der Waals surface area contributed by atoms with Gasteiger partial charge in [0.1, 0.15) is 25.7 Å². The van der Waals surface area contributed by atoms with Crippen LogP contribution in [0.5, 0.6) is 0 Å². The highest BCUT2D eigenvalue weighted by molar-refractivity contribution is 6.11. The molecule has 2 fully saturated rings. The Morgan fingerprint density at radius 1 is 1.64 bits per heavy atom. The molecule has 2 aliphatic rings. The maximum Gasteiger partial charge on any atom is 0.142 e. The monoisotopic (exact) mass is 158 g/mol. The summed E-state index contributed by atoms with van der Waals surface area (Å²) >= 11 is 0. The van der Waals surface area contributed by atoms with Crippen molar-refractivity contribution in [2.75, 3.05) is 13.2 Å². The number of hydrogen-bond donors (Lipinski definition) is 2. The first kappa shape index (κ1) is 7.55. The van der Waals surface area contributed by atoms with Crippen LogP contribution >= 0.6 is 0 Å². The van der Waals surface area contributed by atoms with E-state index in [1.807, 2.05) is 7.85 Å². The lowest BCUT2D eigenvalue weighted by Crippen LogP contribution is -2.44. The molecule has 5 heteroatoms. The summed E-state index contributed by atoms with van der Waals surface area (Å²) in [4.78, 5) is 0. The predicted molar refractivity (Wildman–Crippen MR) is 39.0 cm³/mol. The molecule has 11 heavy (non-hydrogen) atoms. The normalized spacial score (nSPS) is 55.3. The Morgan fingerprint density at radius 3 is 2.64 bits per heavy atom. The van der Waals surface area contributed by atoms with E-state index in [-0.39, 0.29) is 18.7 Å². The van der Waals surface area contributed by atoms with Crippen LogP contribution in [-0.2, 0) is 9.47 Å². The van der Waals surface area contributed by atoms with Gasteiger partial charge in [0.15, 0.2) is 0 Å². The lowest BCUT2D eigenvalue weighted by atomic mass is 9.92. The molecule has 0 spiro atoms. The summed E-state index contributed by atoms with van der Waals surface area (Å²) in [5, 5.41) is 18.5. The van der Waals surface area contributed by atoms with Crippen molar-refractivity contribution < 1.29 is 19.7 Å². The van der Waals surface area contributed by atoms with Crippen LogP contribution in [0, 0.1) is 0 Å². The van der Waals surface area contributed by atoms with Gasteiger partial charge in [0.2, 0.25) is 0 Å². The van der Waals surface area contributed by atoms with Gasteiger partial charge >= 0.3 is 0 Å². The molecule has 0 aromatic carbocycles. The van der Waals surface area contributed by atoms with Crippen molar-refractivity contribution >= 4 is 7.85 Å². The van der Waals surface area contributed by atoms with Gasteiger partial charge in [0.05, 0.1) is 19.2 Å². The Bertz CT molecular complexity index is 176. The van der Waals surface area contributed by atoms with Crippen LogP contribution < -0.4 is 0 Å². The average Bonchev–Trinajstić information content (AvgIpc) is 2.42. The zero-order chi connectivity index (χ0) is 8.06. The average molecular weight is 158 g/mol. The molecule has 2 heterocycles. The summed E-state index contributed by atoms with van der Waals surface area (Å²) in [5.74, 6) is 0. The van der Waals surface area contributed by atoms with Crippen LogP contribution in [0.1, 0.15) is 0 Å². The Morgan fingerprint density at radius 2 is 2.36 bits per heavy atom. The van der Waals surface area contributed by atoms with Gasteiger partial charge in [-0.05, 0) is 0 Å². The van der Waals surface area contributed by atoms with Crippen molar-refractivity contribution in [3.05, 3.63) is 0 Å². The molecule has 0 saturated carbocycles. The van der Waals surface area contributed by atoms with E-state index in [0.717, 1.165) is 0 Å². The first-order valence-electron chi connectivity index (χ1n) is 3.78. The van der Waals surface area contributed by atoms with Crippen molar-refractivity contribution in [3.8, 4) is 0 Å². The lowest BCUT2D eigenvalue weighted by molar-refractivity contribution is -0.136. The topological polar surface area (TPSA) is 58.9 Å². The summed E-state index contributed by atoms with van der Waals surface area (Å²) in [6.07, 6.45) is -0.912. The fourth-order valence-electron chi connectivity index (χ4n) is 1.82. The van der Waals surface area contributed by atoms with Gasteiger partial charge in [-0.2, -0.15) is 0 Å². The standard InChI is InChI=1S/C6H11BO4/c7-5-3-4(9)6(1-8,11-5)2-10-3/h3-5,8-9H,1-2,7H2/t3?,4-,5-,6+/m1/s1. The molecule has 2 N–H and O–H groups in total. The highest BCUT2D eigenvalue weighted by Crippen LogP contribution is 2.38. The molecule has 0 aromatic heterocycles. The van der Waals surface area contributed by atoms with Crippen molar-refractivity contribution in [3.63, 3.8) is 0 Å². The maximum absolute atomic E-state index is 9.54. The third kappa shape index (κ3) is 0.795. The van der Waals surface area contributed by atoms with Crippen LogP contribution in [0.4, 0.5) is 0 Å². The molecular weight excluding hydrogens is 147 g/mol. The highest BCUT2D eigenvalue weighted by Gasteiger charge is 2.58. The van der Waals surface area contributed by atoms with Gasteiger partial charge in [-0.25, -0.2) is 0 Å². The first-order chi connectivity index (χ1) is 5.19. The van der Waals surface area contributed by atoms with Crippen LogP contribution in [0.15, 0.2) is 0 Å². The van der Waals surface area contributed by atoms with E-state index in [1.54, 1.807) is 0 Å². The zero-order valence-corrected chi connectivity index (χ0v) is 6.36. The molecular formula is C6H11BO4. The smallest absolute Gasteiger partial charge is 0.142 e. The summed E-state index contributed by atoms with van der Waals surface area (Å²) in [7, 11) is 1.84. The van der Waals surface area contributed by atoms with Crippen molar-refractivity contribution in [2.24, 2.45) is 0 Å². The summed E-state index contributed by atoms with van der Waals surface area (Å²) < 4.78 is 10.6. The molecule has 4 atom stereocenters. The van der Waals surface area contributed by atoms with E-state index in [0.29, 0.717) is 6.61 Å². The Labute approximate surface area is 65.5 Å². The van der Waals surface area contributed by atoms with E-state index in [9.17, 15) is 5.11 Å². The summed E-state index contributed by atoms with van der Waals surface area (Å²) in [6, 6.07) is -0.106. The minimum atomic E-state index is -0.829. The zero-order valence-electron chi connectivity index (χ0n) is 6.36. The molecule has 62 valence electrons. The highest BCUT2D eigenvalue weighted by atomic mass is 16.6. The third-order valence-corrected chi connectivity index (χ3v) is 2.52. The Kier molecular flexibility index (Phi) is 1.51. The van der Waals surface area contributed by atoms with E-state index >= 15 is 0 Å². The number of ether oxygens (including phenoxy) is 2. The second-order valence-electron chi connectivity index (χ2n) is 3.27. The second kappa shape index (κ2) is 2.20. The van der Waals surface area contributed by atoms with Crippen LogP contribution in [0.2, 0.25) is 0 Å². The van der Waals surface area contributed by atoms with Gasteiger partial charge in [-0.15, -0.1) is 0 Å². The van der Waals surface area contributed by atoms with Crippen molar-refractivity contribution in [1.29, 1.82) is 0 Å². The molecule has 2 rings (SSSR count). The van der Waals surface area contributed by atoms with Gasteiger partial charge < -0.3 is 19.7 Å². The number of aliphatic hydroxyl groups excluding tert-OH is 2. The summed E-state index contributed by atoms with van der Waals surface area (Å²) in [6.45, 7) is 0.134. The van der Waals surface area contributed by atoms with E-state index in [2.05, 4.69) is 0 Å². The van der Waals surface area contributed by atoms with Crippen LogP contribution in [0.25, 0.3) is 0 Å². The van der Waals surface area contributed by atoms with Gasteiger partial charge in [0, 0.05) is 0 Å². The molecule has 0 aromatic rings. The fourth-order valence-corrected chi connectivity index (χ4v) is 1.82. The molecule has 0 amide bonds. The van der Waals surface area contributed by atoms with Crippen LogP contribution in [-0.4, -0.2) is 55.1 Å². The quantitative estimate of drug-likeness (QED) is 0.413. The van der Waals surface area contributed by atoms with Gasteiger partial charge in [0.25, 0.3) is 0 Å². The van der Waals surface area contributed by atoms with Gasteiger partial charge in [-0.3, -0.25) is 0 Å². The molecule has 2 bridgehead atoms. The summed E-state index contributed by atoms with van der Waals surface area (Å²) in [5.41, 5.74) is -0.829. The van der Waals surface area contributed by atoms with Crippen molar-refractivity contribution in [1.82, 2.24) is 0 Å². The minimum absolute atomic E-state index is 0.106. The molecule has 2 saturated heterocycles. The molecule has 4 nitrogen and oxygen atoms in total. The number of rotatable bonds is 1. The number of hydrogen-bond acceptors (Lipinski definition) is 4. The third-order valence-electron chi connectivity index (χ3n) is 2.52. The van der Waals surface area contributed by atoms with Crippen LogP contribution in [0.3, 0.4) is 0 Å². The number of fused-ring (bicyclic) bond motifs is 2. The molecule has 0 radical (unpaired) electrons. The Hall–Kier alpha value is -0.0951. The lowest BCUT2D eigenvalue weighted by Gasteiger charge is -2.27. The largest absolute Gasteiger partial charge is 0.393 e. The molecule has 1 unspecified atom stereocenters. The van der Waals surface area contributed by atoms with E-state index < -0.39 is 11.7 Å². The maximum atomic E-state index is 9.54. The first-order valence-corrected chi connectivity index (χ1v) is 3.78. The Balaban J connectivity index is 2.24.